The van der Waals surface area contributed by atoms with E-state index in [0.717, 1.165) is 11.5 Å². The highest BCUT2D eigenvalue weighted by Gasteiger charge is 2.04. The van der Waals surface area contributed by atoms with Crippen LogP contribution in [0.2, 0.25) is 0 Å². The molecule has 0 aliphatic heterocycles. The number of pyridine rings is 1. The van der Waals surface area contributed by atoms with Crippen LogP contribution in [0.1, 0.15) is 12.7 Å². The molecule has 0 aliphatic carbocycles. The molecule has 0 bridgehead atoms. The summed E-state index contributed by atoms with van der Waals surface area (Å²) in [6.45, 7) is 2.37. The minimum atomic E-state index is -0.0821. The molecule has 5 heteroatoms. The summed E-state index contributed by atoms with van der Waals surface area (Å²) in [5.41, 5.74) is 0.822. The quantitative estimate of drug-likeness (QED) is 0.796. The lowest BCUT2D eigenvalue weighted by Gasteiger charge is -2.01. The van der Waals surface area contributed by atoms with E-state index < -0.39 is 0 Å². The first-order chi connectivity index (χ1) is 8.31. The molecule has 0 aromatic carbocycles. The summed E-state index contributed by atoms with van der Waals surface area (Å²) in [5.74, 6) is 0.766. The van der Waals surface area contributed by atoms with E-state index in [1.54, 1.807) is 6.08 Å². The van der Waals surface area contributed by atoms with Gasteiger partial charge < -0.3 is 5.32 Å². The molecule has 0 radical (unpaired) electrons. The summed E-state index contributed by atoms with van der Waals surface area (Å²) < 4.78 is 1.92. The number of carbonyl (C=O) groups excluding carboxylic acids is 1. The zero-order valence-electron chi connectivity index (χ0n) is 9.63. The number of hydrogen-bond donors (Lipinski definition) is 1. The lowest BCUT2D eigenvalue weighted by Crippen LogP contribution is -2.24. The summed E-state index contributed by atoms with van der Waals surface area (Å²) in [4.78, 5) is 11.2. The van der Waals surface area contributed by atoms with Crippen LogP contribution in [0, 0.1) is 0 Å². The van der Waals surface area contributed by atoms with Gasteiger partial charge in [0.05, 0.1) is 0 Å². The zero-order chi connectivity index (χ0) is 12.1. The van der Waals surface area contributed by atoms with E-state index in [1.807, 2.05) is 35.7 Å². The van der Waals surface area contributed by atoms with Crippen molar-refractivity contribution in [3.8, 4) is 0 Å². The van der Waals surface area contributed by atoms with Gasteiger partial charge in [-0.3, -0.25) is 9.20 Å². The molecular formula is C12H14N4O. The van der Waals surface area contributed by atoms with Crippen LogP contribution < -0.4 is 5.32 Å². The molecule has 2 aromatic heterocycles. The van der Waals surface area contributed by atoms with Gasteiger partial charge in [0, 0.05) is 19.2 Å². The Bertz CT molecular complexity index is 544. The molecule has 2 heterocycles. The smallest absolute Gasteiger partial charge is 0.243 e. The summed E-state index contributed by atoms with van der Waals surface area (Å²) in [6.07, 6.45) is 5.79. The first-order valence-corrected chi connectivity index (χ1v) is 5.50. The minimum Gasteiger partial charge on any atom is -0.352 e. The second kappa shape index (κ2) is 5.25. The Kier molecular flexibility index (Phi) is 3.49. The number of carbonyl (C=O) groups is 1. The molecule has 0 spiro atoms. The van der Waals surface area contributed by atoms with Crippen molar-refractivity contribution in [1.29, 1.82) is 0 Å². The Morgan fingerprint density at radius 3 is 3.18 bits per heavy atom. The molecule has 2 rings (SSSR count). The van der Waals surface area contributed by atoms with Gasteiger partial charge in [0.15, 0.2) is 5.65 Å². The Morgan fingerprint density at radius 1 is 1.47 bits per heavy atom. The first-order valence-electron chi connectivity index (χ1n) is 5.50. The third kappa shape index (κ3) is 2.69. The summed E-state index contributed by atoms with van der Waals surface area (Å²) in [7, 11) is 0. The van der Waals surface area contributed by atoms with Crippen molar-refractivity contribution in [1.82, 2.24) is 19.9 Å². The fourth-order valence-electron chi connectivity index (χ4n) is 1.57. The average Bonchev–Trinajstić information content (AvgIpc) is 2.73. The van der Waals surface area contributed by atoms with E-state index in [9.17, 15) is 4.79 Å². The molecule has 1 amide bonds. The maximum Gasteiger partial charge on any atom is 0.243 e. The van der Waals surface area contributed by atoms with Crippen LogP contribution in [0.15, 0.2) is 36.5 Å². The van der Waals surface area contributed by atoms with Crippen LogP contribution in [-0.4, -0.2) is 27.0 Å². The van der Waals surface area contributed by atoms with E-state index in [0.29, 0.717) is 13.0 Å². The Morgan fingerprint density at radius 2 is 2.35 bits per heavy atom. The number of nitrogens with zero attached hydrogens (tertiary/aromatic N) is 3. The molecule has 0 saturated heterocycles. The summed E-state index contributed by atoms with van der Waals surface area (Å²) in [6, 6.07) is 5.74. The van der Waals surface area contributed by atoms with Crippen molar-refractivity contribution in [3.63, 3.8) is 0 Å². The topological polar surface area (TPSA) is 59.3 Å². The third-order valence-electron chi connectivity index (χ3n) is 2.35. The van der Waals surface area contributed by atoms with E-state index in [4.69, 9.17) is 0 Å². The Balaban J connectivity index is 1.97. The van der Waals surface area contributed by atoms with Gasteiger partial charge in [0.25, 0.3) is 0 Å². The van der Waals surface area contributed by atoms with Gasteiger partial charge in [0.2, 0.25) is 5.91 Å². The van der Waals surface area contributed by atoms with Crippen molar-refractivity contribution in [2.24, 2.45) is 0 Å². The zero-order valence-corrected chi connectivity index (χ0v) is 9.63. The van der Waals surface area contributed by atoms with Crippen LogP contribution >= 0.6 is 0 Å². The second-order valence-electron chi connectivity index (χ2n) is 3.59. The Labute approximate surface area is 99.2 Å². The van der Waals surface area contributed by atoms with E-state index >= 15 is 0 Å². The number of hydrogen-bond acceptors (Lipinski definition) is 3. The molecule has 5 nitrogen and oxygen atoms in total. The van der Waals surface area contributed by atoms with Gasteiger partial charge in [-0.15, -0.1) is 10.2 Å². The molecule has 0 unspecified atom stereocenters. The van der Waals surface area contributed by atoms with Crippen molar-refractivity contribution in [2.45, 2.75) is 13.3 Å². The van der Waals surface area contributed by atoms with Gasteiger partial charge >= 0.3 is 0 Å². The molecular weight excluding hydrogens is 216 g/mol. The van der Waals surface area contributed by atoms with Crippen molar-refractivity contribution < 1.29 is 4.79 Å². The average molecular weight is 230 g/mol. The molecule has 0 aliphatic rings. The van der Waals surface area contributed by atoms with Crippen molar-refractivity contribution in [2.75, 3.05) is 6.54 Å². The lowest BCUT2D eigenvalue weighted by atomic mass is 10.3. The predicted octanol–water partition coefficient (Wildman–Crippen LogP) is 0.964. The minimum absolute atomic E-state index is 0.0821. The molecule has 2 aromatic rings. The van der Waals surface area contributed by atoms with Gasteiger partial charge in [-0.05, 0) is 25.1 Å². The Hall–Kier alpha value is -2.17. The molecule has 17 heavy (non-hydrogen) atoms. The summed E-state index contributed by atoms with van der Waals surface area (Å²) in [5, 5.41) is 10.9. The second-order valence-corrected chi connectivity index (χ2v) is 3.59. The largest absolute Gasteiger partial charge is 0.352 e. The SMILES string of the molecule is CC=CC(=O)NCCc1nnc2ccccn12. The van der Waals surface area contributed by atoms with Crippen LogP contribution in [-0.2, 0) is 11.2 Å². The monoisotopic (exact) mass is 230 g/mol. The van der Waals surface area contributed by atoms with E-state index in [-0.39, 0.29) is 5.91 Å². The number of nitrogens with one attached hydrogen (secondary N) is 1. The normalized spacial score (nSPS) is 11.1. The highest BCUT2D eigenvalue weighted by Crippen LogP contribution is 2.02. The number of fused-ring (bicyclic) bond motifs is 1. The third-order valence-corrected chi connectivity index (χ3v) is 2.35. The van der Waals surface area contributed by atoms with Crippen LogP contribution in [0.3, 0.4) is 0 Å². The molecule has 1 N–H and O–H groups in total. The lowest BCUT2D eigenvalue weighted by molar-refractivity contribution is -0.116. The summed E-state index contributed by atoms with van der Waals surface area (Å²) >= 11 is 0. The van der Waals surface area contributed by atoms with Crippen molar-refractivity contribution in [3.05, 3.63) is 42.4 Å². The van der Waals surface area contributed by atoms with Crippen LogP contribution in [0.5, 0.6) is 0 Å². The van der Waals surface area contributed by atoms with E-state index in [2.05, 4.69) is 15.5 Å². The molecule has 0 saturated carbocycles. The van der Waals surface area contributed by atoms with Gasteiger partial charge in [0.1, 0.15) is 5.82 Å². The van der Waals surface area contributed by atoms with Gasteiger partial charge in [-0.2, -0.15) is 0 Å². The van der Waals surface area contributed by atoms with Gasteiger partial charge in [-0.25, -0.2) is 0 Å². The maximum absolute atomic E-state index is 11.2. The molecule has 0 atom stereocenters. The fourth-order valence-corrected chi connectivity index (χ4v) is 1.57. The number of rotatable bonds is 4. The standard InChI is InChI=1S/C12H14N4O/c1-2-5-12(17)13-8-7-11-15-14-10-6-3-4-9-16(10)11/h2-6,9H,7-8H2,1H3,(H,13,17). The first kappa shape index (κ1) is 11.3. The van der Waals surface area contributed by atoms with Crippen LogP contribution in [0.4, 0.5) is 0 Å². The number of aromatic nitrogens is 3. The predicted molar refractivity (Wildman–Crippen MR) is 64.5 cm³/mol. The van der Waals surface area contributed by atoms with E-state index in [1.165, 1.54) is 6.08 Å². The number of allylic oxidation sites excluding steroid dienone is 1. The van der Waals surface area contributed by atoms with Gasteiger partial charge in [-0.1, -0.05) is 12.1 Å². The maximum atomic E-state index is 11.2. The molecule has 88 valence electrons. The van der Waals surface area contributed by atoms with Crippen LogP contribution in [0.25, 0.3) is 5.65 Å². The fraction of sp³-hybridized carbons (Fsp3) is 0.250. The highest BCUT2D eigenvalue weighted by molar-refractivity contribution is 5.87. The number of amides is 1. The highest BCUT2D eigenvalue weighted by atomic mass is 16.1. The van der Waals surface area contributed by atoms with Crippen molar-refractivity contribution >= 4 is 11.6 Å². The molecule has 0 fully saturated rings.